The molecule has 0 saturated carbocycles. The van der Waals surface area contributed by atoms with Crippen LogP contribution in [0.2, 0.25) is 0 Å². The molecule has 5 nitrogen and oxygen atoms in total. The van der Waals surface area contributed by atoms with Crippen molar-refractivity contribution in [2.75, 3.05) is 11.9 Å². The zero-order valence-corrected chi connectivity index (χ0v) is 20.1. The fourth-order valence-electron chi connectivity index (χ4n) is 4.39. The van der Waals surface area contributed by atoms with E-state index in [1.54, 1.807) is 0 Å². The van der Waals surface area contributed by atoms with Gasteiger partial charge in [-0.1, -0.05) is 62.4 Å². The lowest BCUT2D eigenvalue weighted by molar-refractivity contribution is 0.0720. The van der Waals surface area contributed by atoms with Crippen LogP contribution in [0.5, 0.6) is 0 Å². The summed E-state index contributed by atoms with van der Waals surface area (Å²) in [7, 11) is 0. The Morgan fingerprint density at radius 1 is 0.912 bits per heavy atom. The molecule has 0 saturated heterocycles. The second-order valence-corrected chi connectivity index (χ2v) is 9.46. The number of rotatable bonds is 9. The number of carbonyl (C=O) groups is 2. The standard InChI is InChI=1S/C29H33N3O2/c1-20(2)19-32-27(25-11-7-8-12-26(25)29(32)34)31-24-17-15-23(16-18-24)28(33)30-21(3)13-14-22-9-5-4-6-10-22/h4-12,15-18,20-21,27,31H,13-14,19H2,1-3H3,(H,30,33). The number of benzene rings is 3. The van der Waals surface area contributed by atoms with Gasteiger partial charge in [-0.2, -0.15) is 0 Å². The number of aryl methyl sites for hydroxylation is 1. The molecular formula is C29H33N3O2. The topological polar surface area (TPSA) is 61.4 Å². The van der Waals surface area contributed by atoms with Gasteiger partial charge >= 0.3 is 0 Å². The van der Waals surface area contributed by atoms with Gasteiger partial charge in [0.25, 0.3) is 11.8 Å². The number of fused-ring (bicyclic) bond motifs is 1. The fraction of sp³-hybridized carbons (Fsp3) is 0.310. The van der Waals surface area contributed by atoms with Gasteiger partial charge in [0.15, 0.2) is 0 Å². The molecule has 0 spiro atoms. The first-order valence-corrected chi connectivity index (χ1v) is 12.0. The number of nitrogens with zero attached hydrogens (tertiary/aromatic N) is 1. The van der Waals surface area contributed by atoms with Gasteiger partial charge in [0.2, 0.25) is 0 Å². The van der Waals surface area contributed by atoms with Crippen LogP contribution in [0.3, 0.4) is 0 Å². The minimum atomic E-state index is -0.219. The summed E-state index contributed by atoms with van der Waals surface area (Å²) in [4.78, 5) is 27.6. The van der Waals surface area contributed by atoms with Crippen molar-refractivity contribution in [3.05, 3.63) is 101 Å². The highest BCUT2D eigenvalue weighted by Gasteiger charge is 2.36. The highest BCUT2D eigenvalue weighted by Crippen LogP contribution is 2.34. The number of hydrogen-bond acceptors (Lipinski definition) is 3. The lowest BCUT2D eigenvalue weighted by Gasteiger charge is -2.28. The summed E-state index contributed by atoms with van der Waals surface area (Å²) in [6.45, 7) is 6.93. The maximum atomic E-state index is 13.0. The molecule has 2 N–H and O–H groups in total. The summed E-state index contributed by atoms with van der Waals surface area (Å²) in [5.41, 5.74) is 4.51. The second-order valence-electron chi connectivity index (χ2n) is 9.46. The van der Waals surface area contributed by atoms with Gasteiger partial charge in [-0.25, -0.2) is 0 Å². The van der Waals surface area contributed by atoms with Crippen molar-refractivity contribution in [2.24, 2.45) is 5.92 Å². The van der Waals surface area contributed by atoms with E-state index < -0.39 is 0 Å². The molecular weight excluding hydrogens is 422 g/mol. The van der Waals surface area contributed by atoms with Gasteiger partial charge in [0.05, 0.1) is 0 Å². The van der Waals surface area contributed by atoms with Crippen molar-refractivity contribution < 1.29 is 9.59 Å². The van der Waals surface area contributed by atoms with Gasteiger partial charge in [0.1, 0.15) is 6.17 Å². The van der Waals surface area contributed by atoms with E-state index in [0.29, 0.717) is 18.0 Å². The molecule has 1 aliphatic rings. The number of anilines is 1. The maximum Gasteiger partial charge on any atom is 0.256 e. The van der Waals surface area contributed by atoms with Crippen LogP contribution in [0.1, 0.15) is 65.2 Å². The summed E-state index contributed by atoms with van der Waals surface area (Å²) in [6.07, 6.45) is 1.60. The van der Waals surface area contributed by atoms with Crippen LogP contribution in [0.4, 0.5) is 5.69 Å². The van der Waals surface area contributed by atoms with Gasteiger partial charge in [-0.15, -0.1) is 0 Å². The van der Waals surface area contributed by atoms with E-state index in [1.165, 1.54) is 5.56 Å². The smallest absolute Gasteiger partial charge is 0.256 e. The highest BCUT2D eigenvalue weighted by atomic mass is 16.2. The summed E-state index contributed by atoms with van der Waals surface area (Å²) >= 11 is 0. The molecule has 0 bridgehead atoms. The predicted molar refractivity (Wildman–Crippen MR) is 137 cm³/mol. The first-order chi connectivity index (χ1) is 16.4. The van der Waals surface area contributed by atoms with Crippen molar-refractivity contribution in [1.82, 2.24) is 10.2 Å². The molecule has 1 aliphatic heterocycles. The Balaban J connectivity index is 1.39. The van der Waals surface area contributed by atoms with E-state index in [9.17, 15) is 9.59 Å². The van der Waals surface area contributed by atoms with Gasteiger partial charge in [0, 0.05) is 35.0 Å². The predicted octanol–water partition coefficient (Wildman–Crippen LogP) is 5.66. The average molecular weight is 456 g/mol. The van der Waals surface area contributed by atoms with E-state index in [0.717, 1.165) is 29.7 Å². The SMILES string of the molecule is CC(C)CN1C(=O)c2ccccc2C1Nc1ccc(C(=O)NC(C)CCc2ccccc2)cc1. The molecule has 5 heteroatoms. The second kappa shape index (κ2) is 10.6. The van der Waals surface area contributed by atoms with Crippen LogP contribution in [0.15, 0.2) is 78.9 Å². The first kappa shape index (κ1) is 23.6. The summed E-state index contributed by atoms with van der Waals surface area (Å²) in [6, 6.07) is 25.6. The van der Waals surface area contributed by atoms with Crippen molar-refractivity contribution in [3.63, 3.8) is 0 Å². The summed E-state index contributed by atoms with van der Waals surface area (Å²) in [5.74, 6) is 0.342. The molecule has 1 heterocycles. The largest absolute Gasteiger partial charge is 0.361 e. The van der Waals surface area contributed by atoms with E-state index in [4.69, 9.17) is 0 Å². The molecule has 4 rings (SSSR count). The van der Waals surface area contributed by atoms with Gasteiger partial charge in [-0.3, -0.25) is 9.59 Å². The zero-order valence-electron chi connectivity index (χ0n) is 20.1. The number of nitrogens with one attached hydrogen (secondary N) is 2. The van der Waals surface area contributed by atoms with Crippen molar-refractivity contribution in [3.8, 4) is 0 Å². The molecule has 3 aromatic rings. The Labute approximate surface area is 202 Å². The van der Waals surface area contributed by atoms with Crippen LogP contribution in [0.25, 0.3) is 0 Å². The number of hydrogen-bond donors (Lipinski definition) is 2. The third-order valence-corrected chi connectivity index (χ3v) is 6.16. The Hall–Kier alpha value is -3.60. The maximum absolute atomic E-state index is 13.0. The molecule has 0 fully saturated rings. The first-order valence-electron chi connectivity index (χ1n) is 12.0. The van der Waals surface area contributed by atoms with E-state index in [-0.39, 0.29) is 24.0 Å². The molecule has 2 amide bonds. The normalized spacial score (nSPS) is 15.8. The molecule has 3 aromatic carbocycles. The molecule has 176 valence electrons. The zero-order chi connectivity index (χ0) is 24.1. The fourth-order valence-corrected chi connectivity index (χ4v) is 4.39. The van der Waals surface area contributed by atoms with Crippen LogP contribution in [-0.2, 0) is 6.42 Å². The van der Waals surface area contributed by atoms with Gasteiger partial charge in [-0.05, 0) is 61.6 Å². The van der Waals surface area contributed by atoms with Crippen molar-refractivity contribution in [2.45, 2.75) is 45.8 Å². The Bertz CT molecular complexity index is 1130. The number of amides is 2. The molecule has 2 unspecified atom stereocenters. The minimum Gasteiger partial charge on any atom is -0.361 e. The van der Waals surface area contributed by atoms with Crippen molar-refractivity contribution >= 4 is 17.5 Å². The van der Waals surface area contributed by atoms with E-state index in [2.05, 4.69) is 36.6 Å². The van der Waals surface area contributed by atoms with E-state index >= 15 is 0 Å². The average Bonchev–Trinajstić information content (AvgIpc) is 3.09. The Kier molecular flexibility index (Phi) is 7.31. The molecule has 0 radical (unpaired) electrons. The quantitative estimate of drug-likeness (QED) is 0.438. The summed E-state index contributed by atoms with van der Waals surface area (Å²) in [5, 5.41) is 6.60. The molecule has 0 aliphatic carbocycles. The van der Waals surface area contributed by atoms with Gasteiger partial charge < -0.3 is 15.5 Å². The highest BCUT2D eigenvalue weighted by molar-refractivity contribution is 5.99. The Morgan fingerprint density at radius 3 is 2.29 bits per heavy atom. The third kappa shape index (κ3) is 5.48. The lowest BCUT2D eigenvalue weighted by Crippen LogP contribution is -2.35. The number of carbonyl (C=O) groups excluding carboxylic acids is 2. The Morgan fingerprint density at radius 2 is 1.59 bits per heavy atom. The minimum absolute atomic E-state index is 0.0577. The third-order valence-electron chi connectivity index (χ3n) is 6.16. The molecule has 0 aromatic heterocycles. The van der Waals surface area contributed by atoms with Crippen molar-refractivity contribution in [1.29, 1.82) is 0 Å². The van der Waals surface area contributed by atoms with E-state index in [1.807, 2.05) is 78.6 Å². The summed E-state index contributed by atoms with van der Waals surface area (Å²) < 4.78 is 0. The van der Waals surface area contributed by atoms with Crippen LogP contribution < -0.4 is 10.6 Å². The molecule has 2 atom stereocenters. The monoisotopic (exact) mass is 455 g/mol. The van der Waals surface area contributed by atoms with Crippen LogP contribution in [-0.4, -0.2) is 29.3 Å². The molecule has 34 heavy (non-hydrogen) atoms. The van der Waals surface area contributed by atoms with Crippen LogP contribution >= 0.6 is 0 Å². The van der Waals surface area contributed by atoms with Crippen LogP contribution in [0, 0.1) is 5.92 Å². The lowest BCUT2D eigenvalue weighted by atomic mass is 10.1.